The zero-order chi connectivity index (χ0) is 14.5. The molecule has 0 bridgehead atoms. The highest BCUT2D eigenvalue weighted by Crippen LogP contribution is 2.52. The van der Waals surface area contributed by atoms with Gasteiger partial charge in [-0.3, -0.25) is 4.79 Å². The molecule has 0 unspecified atom stereocenters. The Morgan fingerprint density at radius 3 is 2.45 bits per heavy atom. The van der Waals surface area contributed by atoms with E-state index in [0.29, 0.717) is 24.4 Å². The molecule has 0 radical (unpaired) electrons. The zero-order valence-electron chi connectivity index (χ0n) is 11.3. The number of carboxylic acid groups (broad SMARTS) is 1. The maximum atomic E-state index is 11.4. The van der Waals surface area contributed by atoms with Crippen LogP contribution in [0.4, 0.5) is 4.79 Å². The van der Waals surface area contributed by atoms with Crippen LogP contribution in [-0.2, 0) is 9.53 Å². The largest absolute Gasteiger partial charge is 0.480 e. The molecule has 4 atom stereocenters. The van der Waals surface area contributed by atoms with Gasteiger partial charge in [-0.15, -0.1) is 11.8 Å². The van der Waals surface area contributed by atoms with Crippen molar-refractivity contribution in [2.45, 2.75) is 31.7 Å². The van der Waals surface area contributed by atoms with Crippen molar-refractivity contribution in [1.29, 1.82) is 0 Å². The number of alkyl carbamates (subject to hydrolysis) is 1. The number of carbonyl (C=O) groups excluding carboxylic acids is 1. The second kappa shape index (κ2) is 6.62. The second-order valence-electron chi connectivity index (χ2n) is 5.35. The van der Waals surface area contributed by atoms with Gasteiger partial charge in [0.1, 0.15) is 6.04 Å². The Morgan fingerprint density at radius 2 is 1.90 bits per heavy atom. The van der Waals surface area contributed by atoms with Crippen molar-refractivity contribution in [2.24, 2.45) is 23.5 Å². The summed E-state index contributed by atoms with van der Waals surface area (Å²) in [6.07, 6.45) is 3.42. The van der Waals surface area contributed by atoms with Gasteiger partial charge in [-0.05, 0) is 30.6 Å². The smallest absolute Gasteiger partial charge is 0.407 e. The molecule has 0 aromatic carbocycles. The predicted molar refractivity (Wildman–Crippen MR) is 71.7 cm³/mol. The topological polar surface area (TPSA) is 102 Å². The van der Waals surface area contributed by atoms with Gasteiger partial charge in [0.2, 0.25) is 0 Å². The van der Waals surface area contributed by atoms with Crippen LogP contribution in [0.15, 0.2) is 0 Å². The molecular weight excluding hydrogens is 260 g/mol. The Labute approximate surface area is 118 Å². The molecule has 4 N–H and O–H groups in total. The SMILES string of the molecule is N[C@H](CNC(=O)OC[C@@H]1[C@@H]2CCC#CCC[C@@H]21)C(=O)O. The first kappa shape index (κ1) is 14.7. The average molecular weight is 280 g/mol. The van der Waals surface area contributed by atoms with Crippen molar-refractivity contribution < 1.29 is 19.4 Å². The lowest BCUT2D eigenvalue weighted by Gasteiger charge is -2.09. The predicted octanol–water partition coefficient (Wildman–Crippen LogP) is 0.564. The van der Waals surface area contributed by atoms with Crippen LogP contribution in [0.25, 0.3) is 0 Å². The fourth-order valence-electron chi connectivity index (χ4n) is 2.79. The number of carboxylic acids is 1. The summed E-state index contributed by atoms with van der Waals surface area (Å²) >= 11 is 0. The number of hydrogen-bond donors (Lipinski definition) is 3. The van der Waals surface area contributed by atoms with Crippen LogP contribution in [-0.4, -0.2) is 36.4 Å². The van der Waals surface area contributed by atoms with Crippen LogP contribution in [0.5, 0.6) is 0 Å². The third-order valence-electron chi connectivity index (χ3n) is 4.03. The van der Waals surface area contributed by atoms with Crippen LogP contribution in [0, 0.1) is 29.6 Å². The molecule has 0 saturated heterocycles. The summed E-state index contributed by atoms with van der Waals surface area (Å²) < 4.78 is 5.13. The molecule has 2 aliphatic rings. The van der Waals surface area contributed by atoms with E-state index in [9.17, 15) is 9.59 Å². The van der Waals surface area contributed by atoms with Gasteiger partial charge in [0.15, 0.2) is 0 Å². The summed E-state index contributed by atoms with van der Waals surface area (Å²) in [5.74, 6) is 6.79. The summed E-state index contributed by atoms with van der Waals surface area (Å²) in [5.41, 5.74) is 5.28. The van der Waals surface area contributed by atoms with E-state index >= 15 is 0 Å². The highest BCUT2D eigenvalue weighted by Gasteiger charge is 2.49. The molecule has 2 rings (SSSR count). The number of fused-ring (bicyclic) bond motifs is 1. The molecule has 6 heteroatoms. The van der Waals surface area contributed by atoms with Crippen LogP contribution in [0.1, 0.15) is 25.7 Å². The van der Waals surface area contributed by atoms with Gasteiger partial charge in [-0.1, -0.05) is 0 Å². The van der Waals surface area contributed by atoms with Crippen molar-refractivity contribution in [3.8, 4) is 11.8 Å². The van der Waals surface area contributed by atoms with E-state index in [1.807, 2.05) is 0 Å². The van der Waals surface area contributed by atoms with E-state index in [-0.39, 0.29) is 6.54 Å². The van der Waals surface area contributed by atoms with E-state index < -0.39 is 18.1 Å². The lowest BCUT2D eigenvalue weighted by Crippen LogP contribution is -2.42. The molecular formula is C14H20N2O4. The third kappa shape index (κ3) is 3.87. The molecule has 1 fully saturated rings. The highest BCUT2D eigenvalue weighted by atomic mass is 16.5. The Morgan fingerprint density at radius 1 is 1.30 bits per heavy atom. The maximum Gasteiger partial charge on any atom is 0.407 e. The Hall–Kier alpha value is -1.74. The molecule has 0 aromatic heterocycles. The quantitative estimate of drug-likeness (QED) is 0.639. The molecule has 2 aliphatic carbocycles. The number of carbonyl (C=O) groups is 2. The Balaban J connectivity index is 1.64. The van der Waals surface area contributed by atoms with E-state index in [0.717, 1.165) is 25.7 Å². The minimum absolute atomic E-state index is 0.125. The van der Waals surface area contributed by atoms with Crippen LogP contribution in [0.2, 0.25) is 0 Å². The molecule has 0 aromatic rings. The number of rotatable bonds is 5. The molecule has 110 valence electrons. The standard InChI is InChI=1S/C14H20N2O4/c15-12(13(17)18)7-16-14(19)20-8-11-9-5-3-1-2-4-6-10(9)11/h9-12H,3-8,15H2,(H,16,19)(H,17,18)/t9-,10+,11-,12-/m1/s1. The number of nitrogens with one attached hydrogen (secondary N) is 1. The van der Waals surface area contributed by atoms with E-state index in [4.69, 9.17) is 15.6 Å². The molecule has 1 saturated carbocycles. The van der Waals surface area contributed by atoms with Crippen molar-refractivity contribution in [1.82, 2.24) is 5.32 Å². The van der Waals surface area contributed by atoms with E-state index in [2.05, 4.69) is 17.2 Å². The first-order valence-electron chi connectivity index (χ1n) is 6.94. The van der Waals surface area contributed by atoms with Crippen molar-refractivity contribution >= 4 is 12.1 Å². The zero-order valence-corrected chi connectivity index (χ0v) is 11.3. The summed E-state index contributed by atoms with van der Waals surface area (Å²) in [6.45, 7) is 0.267. The van der Waals surface area contributed by atoms with E-state index in [1.165, 1.54) is 0 Å². The minimum Gasteiger partial charge on any atom is -0.480 e. The fraction of sp³-hybridized carbons (Fsp3) is 0.714. The number of hydrogen-bond acceptors (Lipinski definition) is 4. The molecule has 6 nitrogen and oxygen atoms in total. The number of aliphatic carboxylic acids is 1. The number of amides is 1. The van der Waals surface area contributed by atoms with Gasteiger partial charge in [0.25, 0.3) is 0 Å². The van der Waals surface area contributed by atoms with Gasteiger partial charge < -0.3 is 20.9 Å². The lowest BCUT2D eigenvalue weighted by atomic mass is 10.1. The number of nitrogens with two attached hydrogens (primary N) is 1. The highest BCUT2D eigenvalue weighted by molar-refractivity contribution is 5.75. The Kier molecular flexibility index (Phi) is 4.85. The van der Waals surface area contributed by atoms with Crippen molar-refractivity contribution in [3.63, 3.8) is 0 Å². The van der Waals surface area contributed by atoms with Crippen LogP contribution >= 0.6 is 0 Å². The summed E-state index contributed by atoms with van der Waals surface area (Å²) in [4.78, 5) is 21.9. The molecule has 0 heterocycles. The lowest BCUT2D eigenvalue weighted by molar-refractivity contribution is -0.138. The summed E-state index contributed by atoms with van der Waals surface area (Å²) in [5, 5.41) is 10.9. The van der Waals surface area contributed by atoms with Gasteiger partial charge in [-0.2, -0.15) is 0 Å². The normalized spacial score (nSPS) is 28.8. The first-order chi connectivity index (χ1) is 9.59. The summed E-state index contributed by atoms with van der Waals surface area (Å²) in [7, 11) is 0. The minimum atomic E-state index is -1.15. The van der Waals surface area contributed by atoms with Crippen LogP contribution < -0.4 is 11.1 Å². The molecule has 1 amide bonds. The maximum absolute atomic E-state index is 11.4. The van der Waals surface area contributed by atoms with Crippen molar-refractivity contribution in [2.75, 3.05) is 13.2 Å². The monoisotopic (exact) mass is 280 g/mol. The number of ether oxygens (including phenoxy) is 1. The van der Waals surface area contributed by atoms with Gasteiger partial charge in [0.05, 0.1) is 6.61 Å². The van der Waals surface area contributed by atoms with Crippen molar-refractivity contribution in [3.05, 3.63) is 0 Å². The summed E-state index contributed by atoms with van der Waals surface area (Å²) in [6, 6.07) is -1.10. The average Bonchev–Trinajstić information content (AvgIpc) is 3.03. The molecule has 0 aliphatic heterocycles. The molecule has 0 spiro atoms. The third-order valence-corrected chi connectivity index (χ3v) is 4.03. The fourth-order valence-corrected chi connectivity index (χ4v) is 2.79. The van der Waals surface area contributed by atoms with Gasteiger partial charge in [0, 0.05) is 19.4 Å². The Bertz CT molecular complexity index is 422. The van der Waals surface area contributed by atoms with Crippen LogP contribution in [0.3, 0.4) is 0 Å². The van der Waals surface area contributed by atoms with Gasteiger partial charge in [-0.25, -0.2) is 4.79 Å². The van der Waals surface area contributed by atoms with Gasteiger partial charge >= 0.3 is 12.1 Å². The second-order valence-corrected chi connectivity index (χ2v) is 5.35. The first-order valence-corrected chi connectivity index (χ1v) is 6.94. The molecule has 20 heavy (non-hydrogen) atoms. The van der Waals surface area contributed by atoms with E-state index in [1.54, 1.807) is 0 Å².